The van der Waals surface area contributed by atoms with Crippen LogP contribution < -0.4 is 4.24 Å². The van der Waals surface area contributed by atoms with Gasteiger partial charge in [0, 0.05) is 11.8 Å². The molecule has 2 aromatic carbocycles. The van der Waals surface area contributed by atoms with E-state index in [1.165, 1.54) is 4.24 Å². The van der Waals surface area contributed by atoms with Gasteiger partial charge in [-0.3, -0.25) is 4.98 Å². The van der Waals surface area contributed by atoms with Crippen molar-refractivity contribution in [2.75, 3.05) is 0 Å². The summed E-state index contributed by atoms with van der Waals surface area (Å²) in [5.74, 6) is 0.265. The van der Waals surface area contributed by atoms with Crippen molar-refractivity contribution >= 4 is 22.0 Å². The molecule has 0 fully saturated rings. The van der Waals surface area contributed by atoms with Gasteiger partial charge in [0.25, 0.3) is 0 Å². The molecular weight excluding hydrogens is 241 g/mol. The molecule has 0 saturated heterocycles. The molecule has 20 heavy (non-hydrogen) atoms. The van der Waals surface area contributed by atoms with Gasteiger partial charge in [-0.15, -0.1) is 0 Å². The quantitative estimate of drug-likeness (QED) is 0.678. The van der Waals surface area contributed by atoms with Gasteiger partial charge in [0.05, 0.1) is 5.69 Å². The monoisotopic (exact) mass is 255 g/mol. The number of benzene rings is 2. The number of nitrogens with zero attached hydrogens (tertiary/aromatic N) is 1. The van der Waals surface area contributed by atoms with E-state index in [9.17, 15) is 5.11 Å². The molecule has 3 aromatic rings. The van der Waals surface area contributed by atoms with Crippen molar-refractivity contribution in [2.45, 2.75) is 0 Å². The normalized spacial score (nSPS) is 9.50. The van der Waals surface area contributed by atoms with Crippen molar-refractivity contribution in [3.05, 3.63) is 79.0 Å². The average Bonchev–Trinajstić information content (AvgIpc) is 2.50. The fraction of sp³-hybridized carbons (Fsp3) is 0. The van der Waals surface area contributed by atoms with Crippen molar-refractivity contribution < 1.29 is 5.11 Å². The van der Waals surface area contributed by atoms with E-state index in [0.29, 0.717) is 0 Å². The van der Waals surface area contributed by atoms with Crippen molar-refractivity contribution in [2.24, 2.45) is 0 Å². The van der Waals surface area contributed by atoms with Gasteiger partial charge in [-0.05, 0) is 24.3 Å². The molecule has 3 rings (SSSR count). The van der Waals surface area contributed by atoms with Crippen LogP contribution in [0.2, 0.25) is 0 Å². The third kappa shape index (κ3) is 4.27. The summed E-state index contributed by atoms with van der Waals surface area (Å²) in [4.78, 5) is 4.15. The first-order chi connectivity index (χ1) is 9.77. The Morgan fingerprint density at radius 3 is 1.95 bits per heavy atom. The van der Waals surface area contributed by atoms with Crippen LogP contribution in [0.5, 0.6) is 5.75 Å². The summed E-state index contributed by atoms with van der Waals surface area (Å²) in [5, 5.41) is 9.52. The number of phenolic OH excluding ortho intramolecular Hbond substituents is 1. The zero-order valence-corrected chi connectivity index (χ0v) is 11.4. The molecule has 1 N–H and O–H groups in total. The molecule has 0 spiro atoms. The van der Waals surface area contributed by atoms with Gasteiger partial charge < -0.3 is 5.11 Å². The minimum absolute atomic E-state index is 0.265. The van der Waals surface area contributed by atoms with Crippen LogP contribution >= 0.6 is 0 Å². The minimum atomic E-state index is 0.265. The molecule has 1 aromatic heterocycles. The van der Waals surface area contributed by atoms with Gasteiger partial charge in [-0.1, -0.05) is 18.2 Å². The summed E-state index contributed by atoms with van der Waals surface area (Å²) >= 11 is 2.08. The van der Waals surface area contributed by atoms with Crippen molar-refractivity contribution in [3.63, 3.8) is 0 Å². The Morgan fingerprint density at radius 2 is 1.40 bits per heavy atom. The van der Waals surface area contributed by atoms with Gasteiger partial charge in [-0.2, -0.15) is 0 Å². The second-order valence-electron chi connectivity index (χ2n) is 4.39. The molecule has 0 aliphatic rings. The van der Waals surface area contributed by atoms with Crippen molar-refractivity contribution in [1.82, 2.24) is 4.98 Å². The summed E-state index contributed by atoms with van der Waals surface area (Å²) in [5.41, 5.74) is 1.56. The number of para-hydroxylation sites is 1. The first kappa shape index (κ1) is 14.4. The van der Waals surface area contributed by atoms with Gasteiger partial charge in [0.1, 0.15) is 5.75 Å². The number of hydrogen-bond acceptors (Lipinski definition) is 2. The predicted octanol–water partition coefficient (Wildman–Crippen LogP) is 2.93. The number of aromatic nitrogens is 1. The summed E-state index contributed by atoms with van der Waals surface area (Å²) in [6.07, 6.45) is 1.71. The van der Waals surface area contributed by atoms with E-state index in [-0.39, 0.29) is 5.75 Å². The molecule has 3 heteroatoms. The zero-order valence-electron chi connectivity index (χ0n) is 11.4. The number of phenols is 1. The fourth-order valence-electron chi connectivity index (χ4n) is 1.75. The van der Waals surface area contributed by atoms with E-state index >= 15 is 0 Å². The SMILES string of the molecule is Oc1ccccc1-c1ccccn1.[Li][c]1ccccc1. The Balaban J connectivity index is 0.000000178. The summed E-state index contributed by atoms with van der Waals surface area (Å²) < 4.78 is 1.32. The maximum absolute atomic E-state index is 9.52. The third-order valence-electron chi connectivity index (χ3n) is 2.79. The van der Waals surface area contributed by atoms with Crippen LogP contribution in [0, 0.1) is 0 Å². The molecule has 0 amide bonds. The Hall–Kier alpha value is -2.01. The number of rotatable bonds is 1. The van der Waals surface area contributed by atoms with Gasteiger partial charge >= 0.3 is 52.3 Å². The number of hydrogen-bond donors (Lipinski definition) is 1. The van der Waals surface area contributed by atoms with Crippen LogP contribution in [-0.2, 0) is 0 Å². The van der Waals surface area contributed by atoms with Crippen LogP contribution in [-0.4, -0.2) is 27.8 Å². The second-order valence-corrected chi connectivity index (χ2v) is 4.39. The van der Waals surface area contributed by atoms with Gasteiger partial charge in [0.15, 0.2) is 0 Å². The molecule has 0 aliphatic carbocycles. The Bertz CT molecular complexity index is 641. The van der Waals surface area contributed by atoms with E-state index in [0.717, 1.165) is 11.3 Å². The van der Waals surface area contributed by atoms with E-state index in [1.807, 2.05) is 48.5 Å². The topological polar surface area (TPSA) is 33.1 Å². The van der Waals surface area contributed by atoms with Crippen LogP contribution in [0.25, 0.3) is 11.3 Å². The van der Waals surface area contributed by atoms with Crippen LogP contribution in [0.3, 0.4) is 0 Å². The molecule has 0 bridgehead atoms. The van der Waals surface area contributed by atoms with Crippen molar-refractivity contribution in [1.29, 1.82) is 0 Å². The Labute approximate surface area is 128 Å². The first-order valence-electron chi connectivity index (χ1n) is 6.48. The van der Waals surface area contributed by atoms with Gasteiger partial charge in [-0.25, -0.2) is 0 Å². The Kier molecular flexibility index (Phi) is 5.43. The summed E-state index contributed by atoms with van der Waals surface area (Å²) in [6.45, 7) is 0. The molecule has 94 valence electrons. The van der Waals surface area contributed by atoms with E-state index in [2.05, 4.69) is 34.8 Å². The summed E-state index contributed by atoms with van der Waals surface area (Å²) in [7, 11) is 0. The third-order valence-corrected chi connectivity index (χ3v) is 2.79. The molecular formula is C17H14LiNO. The summed E-state index contributed by atoms with van der Waals surface area (Å²) in [6, 6.07) is 23.1. The van der Waals surface area contributed by atoms with E-state index in [4.69, 9.17) is 0 Å². The molecule has 0 unspecified atom stereocenters. The van der Waals surface area contributed by atoms with Crippen LogP contribution in [0.1, 0.15) is 0 Å². The molecule has 0 radical (unpaired) electrons. The average molecular weight is 255 g/mol. The molecule has 1 heterocycles. The van der Waals surface area contributed by atoms with E-state index < -0.39 is 0 Å². The van der Waals surface area contributed by atoms with E-state index in [1.54, 1.807) is 18.3 Å². The molecule has 0 atom stereocenters. The predicted molar refractivity (Wildman–Crippen MR) is 83.2 cm³/mol. The molecule has 0 saturated carbocycles. The van der Waals surface area contributed by atoms with Crippen LogP contribution in [0.4, 0.5) is 0 Å². The Morgan fingerprint density at radius 1 is 0.750 bits per heavy atom. The zero-order chi connectivity index (χ0) is 14.2. The molecule has 2 nitrogen and oxygen atoms in total. The maximum atomic E-state index is 9.52. The molecule has 0 aliphatic heterocycles. The van der Waals surface area contributed by atoms with Crippen molar-refractivity contribution in [3.8, 4) is 17.0 Å². The standard InChI is InChI=1S/C11H9NO.C6H5.Li/c13-11-7-2-1-5-9(11)10-6-3-4-8-12-10;1-2-4-6-5-3-1;/h1-8,13H;1-5H;. The van der Waals surface area contributed by atoms with Gasteiger partial charge in [0.2, 0.25) is 0 Å². The van der Waals surface area contributed by atoms with Crippen LogP contribution in [0.15, 0.2) is 79.0 Å². The second kappa shape index (κ2) is 7.55. The number of aromatic hydroxyl groups is 1. The fourth-order valence-corrected chi connectivity index (χ4v) is 1.75. The number of pyridine rings is 1. The first-order valence-corrected chi connectivity index (χ1v) is 6.48.